The van der Waals surface area contributed by atoms with Gasteiger partial charge < -0.3 is 15.0 Å². The number of anilines is 3. The summed E-state index contributed by atoms with van der Waals surface area (Å²) in [7, 11) is 3.39. The standard InChI is InChI=1S/C16H20FN7O/c1-10-6-18-15-14(19-12-8-22(2)21-16(12)25-3)20-13(9-24(10)15)23-5-4-11(17)7-23/h6,8-9,11H,4-5,7H2,1-3H3,(H,19,20). The summed E-state index contributed by atoms with van der Waals surface area (Å²) in [6.07, 6.45) is 5.22. The number of imidazole rings is 1. The average molecular weight is 345 g/mol. The molecule has 4 rings (SSSR count). The van der Waals surface area contributed by atoms with Crippen LogP contribution < -0.4 is 15.0 Å². The monoisotopic (exact) mass is 345 g/mol. The van der Waals surface area contributed by atoms with Crippen molar-refractivity contribution in [2.24, 2.45) is 7.05 Å². The number of nitrogens with zero attached hydrogens (tertiary/aromatic N) is 6. The number of alkyl halides is 1. The van der Waals surface area contributed by atoms with E-state index in [9.17, 15) is 4.39 Å². The van der Waals surface area contributed by atoms with Crippen molar-refractivity contribution in [1.29, 1.82) is 0 Å². The maximum absolute atomic E-state index is 13.6. The summed E-state index contributed by atoms with van der Waals surface area (Å²) < 4.78 is 22.5. The Morgan fingerprint density at radius 2 is 2.20 bits per heavy atom. The van der Waals surface area contributed by atoms with Crippen LogP contribution in [0, 0.1) is 6.92 Å². The zero-order chi connectivity index (χ0) is 17.6. The van der Waals surface area contributed by atoms with Gasteiger partial charge in [-0.15, -0.1) is 5.10 Å². The molecule has 1 aliphatic heterocycles. The van der Waals surface area contributed by atoms with Crippen molar-refractivity contribution in [2.75, 3.05) is 30.4 Å². The van der Waals surface area contributed by atoms with Crippen molar-refractivity contribution in [3.8, 4) is 5.88 Å². The third-order valence-corrected chi connectivity index (χ3v) is 4.36. The van der Waals surface area contributed by atoms with Crippen LogP contribution in [-0.4, -0.2) is 50.5 Å². The van der Waals surface area contributed by atoms with E-state index in [0.29, 0.717) is 42.5 Å². The minimum Gasteiger partial charge on any atom is -0.478 e. The van der Waals surface area contributed by atoms with Crippen LogP contribution >= 0.6 is 0 Å². The number of ether oxygens (including phenoxy) is 1. The van der Waals surface area contributed by atoms with Crippen molar-refractivity contribution in [3.05, 3.63) is 24.3 Å². The lowest BCUT2D eigenvalue weighted by Crippen LogP contribution is -2.22. The van der Waals surface area contributed by atoms with Gasteiger partial charge in [-0.3, -0.25) is 9.08 Å². The van der Waals surface area contributed by atoms with Gasteiger partial charge in [0.15, 0.2) is 11.5 Å². The Morgan fingerprint density at radius 1 is 1.36 bits per heavy atom. The highest BCUT2D eigenvalue weighted by molar-refractivity contribution is 5.74. The Kier molecular flexibility index (Phi) is 3.70. The van der Waals surface area contributed by atoms with E-state index >= 15 is 0 Å². The summed E-state index contributed by atoms with van der Waals surface area (Å²) in [5, 5.41) is 7.49. The summed E-state index contributed by atoms with van der Waals surface area (Å²) in [6.45, 7) is 2.99. The molecule has 3 aromatic rings. The van der Waals surface area contributed by atoms with Gasteiger partial charge in [0.05, 0.1) is 26.0 Å². The largest absolute Gasteiger partial charge is 0.478 e. The second kappa shape index (κ2) is 5.91. The average Bonchev–Trinajstić information content (AvgIpc) is 3.27. The van der Waals surface area contributed by atoms with Crippen molar-refractivity contribution in [3.63, 3.8) is 0 Å². The van der Waals surface area contributed by atoms with E-state index in [1.54, 1.807) is 18.0 Å². The molecule has 1 saturated heterocycles. The minimum absolute atomic E-state index is 0.363. The maximum Gasteiger partial charge on any atom is 0.256 e. The van der Waals surface area contributed by atoms with Crippen molar-refractivity contribution >= 4 is 23.0 Å². The lowest BCUT2D eigenvalue weighted by molar-refractivity contribution is 0.364. The lowest BCUT2D eigenvalue weighted by Gasteiger charge is -2.18. The van der Waals surface area contributed by atoms with Crippen LogP contribution in [0.2, 0.25) is 0 Å². The molecule has 1 unspecified atom stereocenters. The molecule has 0 aromatic carbocycles. The fraction of sp³-hybridized carbons (Fsp3) is 0.438. The van der Waals surface area contributed by atoms with Gasteiger partial charge in [0.25, 0.3) is 5.88 Å². The van der Waals surface area contributed by atoms with Crippen molar-refractivity contribution in [1.82, 2.24) is 24.1 Å². The molecule has 1 fully saturated rings. The van der Waals surface area contributed by atoms with Crippen LogP contribution in [0.5, 0.6) is 5.88 Å². The Morgan fingerprint density at radius 3 is 2.92 bits per heavy atom. The number of methoxy groups -OCH3 is 1. The number of nitrogens with one attached hydrogen (secondary N) is 1. The predicted octanol–water partition coefficient (Wildman–Crippen LogP) is 2.07. The highest BCUT2D eigenvalue weighted by Gasteiger charge is 2.24. The van der Waals surface area contributed by atoms with Gasteiger partial charge in [0, 0.05) is 25.5 Å². The quantitative estimate of drug-likeness (QED) is 0.780. The van der Waals surface area contributed by atoms with E-state index in [-0.39, 0.29) is 0 Å². The zero-order valence-electron chi connectivity index (χ0n) is 14.4. The summed E-state index contributed by atoms with van der Waals surface area (Å²) in [5.41, 5.74) is 2.38. The van der Waals surface area contributed by atoms with E-state index in [0.717, 1.165) is 11.5 Å². The molecule has 0 amide bonds. The van der Waals surface area contributed by atoms with Gasteiger partial charge in [-0.05, 0) is 13.3 Å². The molecule has 8 nitrogen and oxygen atoms in total. The predicted molar refractivity (Wildman–Crippen MR) is 92.5 cm³/mol. The molecule has 0 radical (unpaired) electrons. The molecule has 0 saturated carbocycles. The lowest BCUT2D eigenvalue weighted by atomic mass is 10.3. The van der Waals surface area contributed by atoms with Gasteiger partial charge in [-0.1, -0.05) is 0 Å². The normalized spacial score (nSPS) is 17.4. The SMILES string of the molecule is COc1nn(C)cc1Nc1nc(N2CCC(F)C2)cn2c(C)cnc12. The van der Waals surface area contributed by atoms with Crippen LogP contribution in [0.3, 0.4) is 0 Å². The number of halogens is 1. The van der Waals surface area contributed by atoms with Gasteiger partial charge in [-0.25, -0.2) is 14.4 Å². The molecule has 0 spiro atoms. The minimum atomic E-state index is -0.809. The van der Waals surface area contributed by atoms with Gasteiger partial charge >= 0.3 is 0 Å². The highest BCUT2D eigenvalue weighted by Crippen LogP contribution is 2.29. The Balaban J connectivity index is 1.78. The van der Waals surface area contributed by atoms with Crippen LogP contribution in [0.15, 0.2) is 18.6 Å². The zero-order valence-corrected chi connectivity index (χ0v) is 14.4. The Bertz CT molecular complexity index is 919. The molecule has 9 heteroatoms. The third kappa shape index (κ3) is 2.75. The van der Waals surface area contributed by atoms with Gasteiger partial charge in [0.1, 0.15) is 17.7 Å². The second-order valence-electron chi connectivity index (χ2n) is 6.22. The molecule has 4 heterocycles. The molecule has 0 bridgehead atoms. The van der Waals surface area contributed by atoms with Crippen LogP contribution in [-0.2, 0) is 7.05 Å². The third-order valence-electron chi connectivity index (χ3n) is 4.36. The molecule has 25 heavy (non-hydrogen) atoms. The van der Waals surface area contributed by atoms with E-state index in [2.05, 4.69) is 20.4 Å². The summed E-state index contributed by atoms with van der Waals surface area (Å²) in [4.78, 5) is 11.1. The molecule has 1 aliphatic rings. The molecule has 1 N–H and O–H groups in total. The first-order valence-corrected chi connectivity index (χ1v) is 8.13. The molecule has 3 aromatic heterocycles. The first-order valence-electron chi connectivity index (χ1n) is 8.13. The first-order chi connectivity index (χ1) is 12.0. The van der Waals surface area contributed by atoms with Gasteiger partial charge in [-0.2, -0.15) is 0 Å². The summed E-state index contributed by atoms with van der Waals surface area (Å²) in [5.74, 6) is 1.78. The summed E-state index contributed by atoms with van der Waals surface area (Å²) >= 11 is 0. The highest BCUT2D eigenvalue weighted by atomic mass is 19.1. The fourth-order valence-corrected chi connectivity index (χ4v) is 3.09. The van der Waals surface area contributed by atoms with Crippen molar-refractivity contribution in [2.45, 2.75) is 19.5 Å². The number of fused-ring (bicyclic) bond motifs is 1. The molecule has 0 aliphatic carbocycles. The van der Waals surface area contributed by atoms with Crippen LogP contribution in [0.25, 0.3) is 5.65 Å². The number of hydrogen-bond donors (Lipinski definition) is 1. The number of rotatable bonds is 4. The topological polar surface area (TPSA) is 72.5 Å². The van der Waals surface area contributed by atoms with E-state index in [1.807, 2.05) is 35.7 Å². The van der Waals surface area contributed by atoms with Crippen LogP contribution in [0.1, 0.15) is 12.1 Å². The number of aryl methyl sites for hydroxylation is 2. The molecule has 132 valence electrons. The molecular formula is C16H20FN7O. The number of aromatic nitrogens is 5. The van der Waals surface area contributed by atoms with E-state index < -0.39 is 6.17 Å². The molecule has 1 atom stereocenters. The van der Waals surface area contributed by atoms with E-state index in [4.69, 9.17) is 4.74 Å². The van der Waals surface area contributed by atoms with Crippen molar-refractivity contribution < 1.29 is 9.13 Å². The second-order valence-corrected chi connectivity index (χ2v) is 6.22. The van der Waals surface area contributed by atoms with Gasteiger partial charge in [0.2, 0.25) is 0 Å². The Hall–Kier alpha value is -2.84. The summed E-state index contributed by atoms with van der Waals surface area (Å²) in [6, 6.07) is 0. The molecular weight excluding hydrogens is 325 g/mol. The fourth-order valence-electron chi connectivity index (χ4n) is 3.09. The van der Waals surface area contributed by atoms with Crippen LogP contribution in [0.4, 0.5) is 21.7 Å². The maximum atomic E-state index is 13.6. The number of hydrogen-bond acceptors (Lipinski definition) is 6. The smallest absolute Gasteiger partial charge is 0.256 e. The Labute approximate surface area is 144 Å². The van der Waals surface area contributed by atoms with E-state index in [1.165, 1.54) is 0 Å². The first kappa shape index (κ1) is 15.7.